The van der Waals surface area contributed by atoms with Crippen LogP contribution in [0, 0.1) is 25.7 Å². The van der Waals surface area contributed by atoms with Gasteiger partial charge in [-0.3, -0.25) is 4.79 Å². The molecule has 2 heteroatoms. The first kappa shape index (κ1) is 13.1. The lowest BCUT2D eigenvalue weighted by atomic mass is 9.71. The summed E-state index contributed by atoms with van der Waals surface area (Å²) >= 11 is 0. The van der Waals surface area contributed by atoms with E-state index < -0.39 is 5.97 Å². The van der Waals surface area contributed by atoms with Crippen LogP contribution in [0.5, 0.6) is 0 Å². The Hall–Kier alpha value is -1.31. The number of carboxylic acid groups (broad SMARTS) is 1. The molecule has 0 saturated heterocycles. The van der Waals surface area contributed by atoms with Crippen molar-refractivity contribution in [3.8, 4) is 0 Å². The lowest BCUT2D eigenvalue weighted by Gasteiger charge is -2.33. The molecule has 0 aliphatic heterocycles. The Balaban J connectivity index is 2.31. The number of hydrogen-bond donors (Lipinski definition) is 1. The predicted octanol–water partition coefficient (Wildman–Crippen LogP) is 3.91. The number of benzene rings is 1. The highest BCUT2D eigenvalue weighted by Gasteiger charge is 2.34. The van der Waals surface area contributed by atoms with Crippen molar-refractivity contribution < 1.29 is 9.90 Å². The molecule has 0 heterocycles. The molecule has 0 aromatic heterocycles. The van der Waals surface area contributed by atoms with Gasteiger partial charge in [0.15, 0.2) is 0 Å². The van der Waals surface area contributed by atoms with Gasteiger partial charge in [0, 0.05) is 0 Å². The van der Waals surface area contributed by atoms with E-state index in [2.05, 4.69) is 39.0 Å². The molecular formula is C16H22O2. The molecule has 3 atom stereocenters. The summed E-state index contributed by atoms with van der Waals surface area (Å²) in [5.74, 6) is -0.0220. The fourth-order valence-electron chi connectivity index (χ4n) is 3.04. The van der Waals surface area contributed by atoms with Crippen molar-refractivity contribution in [2.45, 2.75) is 46.0 Å². The second-order valence-corrected chi connectivity index (χ2v) is 5.81. The highest BCUT2D eigenvalue weighted by molar-refractivity contribution is 5.71. The number of carboxylic acids is 1. The summed E-state index contributed by atoms with van der Waals surface area (Å²) in [5, 5.41) is 9.38. The normalized spacial score (nSPS) is 28.1. The zero-order chi connectivity index (χ0) is 13.3. The number of carbonyl (C=O) groups is 1. The van der Waals surface area contributed by atoms with E-state index >= 15 is 0 Å². The van der Waals surface area contributed by atoms with Crippen molar-refractivity contribution in [1.29, 1.82) is 0 Å². The maximum atomic E-state index is 11.4. The Kier molecular flexibility index (Phi) is 3.74. The Labute approximate surface area is 109 Å². The van der Waals surface area contributed by atoms with E-state index in [1.165, 1.54) is 16.7 Å². The van der Waals surface area contributed by atoms with E-state index in [0.29, 0.717) is 5.92 Å². The van der Waals surface area contributed by atoms with Crippen LogP contribution in [0.15, 0.2) is 18.2 Å². The summed E-state index contributed by atoms with van der Waals surface area (Å²) in [6.07, 6.45) is 2.85. The summed E-state index contributed by atoms with van der Waals surface area (Å²) in [6, 6.07) is 6.40. The fourth-order valence-corrected chi connectivity index (χ4v) is 3.04. The van der Waals surface area contributed by atoms with Gasteiger partial charge in [-0.1, -0.05) is 25.1 Å². The van der Waals surface area contributed by atoms with E-state index in [1.807, 2.05) is 0 Å². The SMILES string of the molecule is Cc1ccc(C2CC(C)CCC2C(=O)O)cc1C. The maximum Gasteiger partial charge on any atom is 0.307 e. The standard InChI is InChI=1S/C16H22O2/c1-10-4-7-14(16(17)18)15(8-10)13-6-5-11(2)12(3)9-13/h5-6,9-10,14-15H,4,7-8H2,1-3H3,(H,17,18). The molecule has 0 radical (unpaired) electrons. The zero-order valence-electron chi connectivity index (χ0n) is 11.4. The van der Waals surface area contributed by atoms with Gasteiger partial charge < -0.3 is 5.11 Å². The van der Waals surface area contributed by atoms with Crippen LogP contribution >= 0.6 is 0 Å². The molecule has 3 unspecified atom stereocenters. The third kappa shape index (κ3) is 2.58. The number of aryl methyl sites for hydroxylation is 2. The molecule has 1 aromatic carbocycles. The van der Waals surface area contributed by atoms with Crippen molar-refractivity contribution in [2.24, 2.45) is 11.8 Å². The molecule has 2 rings (SSSR count). The van der Waals surface area contributed by atoms with E-state index in [-0.39, 0.29) is 11.8 Å². The fraction of sp³-hybridized carbons (Fsp3) is 0.562. The Morgan fingerprint density at radius 1 is 1.22 bits per heavy atom. The zero-order valence-corrected chi connectivity index (χ0v) is 11.4. The number of aliphatic carboxylic acids is 1. The minimum absolute atomic E-state index is 0.186. The summed E-state index contributed by atoms with van der Waals surface area (Å²) in [5.41, 5.74) is 3.74. The Morgan fingerprint density at radius 3 is 2.56 bits per heavy atom. The van der Waals surface area contributed by atoms with Gasteiger partial charge in [-0.05, 0) is 61.6 Å². The van der Waals surface area contributed by atoms with Gasteiger partial charge in [0.05, 0.1) is 5.92 Å². The minimum atomic E-state index is -0.634. The van der Waals surface area contributed by atoms with Gasteiger partial charge in [-0.25, -0.2) is 0 Å². The summed E-state index contributed by atoms with van der Waals surface area (Å²) in [4.78, 5) is 11.4. The van der Waals surface area contributed by atoms with E-state index in [9.17, 15) is 9.90 Å². The van der Waals surface area contributed by atoms with Crippen LogP contribution in [-0.4, -0.2) is 11.1 Å². The van der Waals surface area contributed by atoms with Crippen molar-refractivity contribution >= 4 is 5.97 Å². The lowest BCUT2D eigenvalue weighted by molar-refractivity contribution is -0.143. The van der Waals surface area contributed by atoms with Crippen LogP contribution in [0.25, 0.3) is 0 Å². The monoisotopic (exact) mass is 246 g/mol. The van der Waals surface area contributed by atoms with E-state index in [4.69, 9.17) is 0 Å². The number of rotatable bonds is 2. The minimum Gasteiger partial charge on any atom is -0.481 e. The van der Waals surface area contributed by atoms with E-state index in [0.717, 1.165) is 19.3 Å². The van der Waals surface area contributed by atoms with Gasteiger partial charge in [0.25, 0.3) is 0 Å². The highest BCUT2D eigenvalue weighted by Crippen LogP contribution is 2.41. The van der Waals surface area contributed by atoms with Gasteiger partial charge in [-0.15, -0.1) is 0 Å². The van der Waals surface area contributed by atoms with Gasteiger partial charge >= 0.3 is 5.97 Å². The Bertz CT molecular complexity index is 450. The smallest absolute Gasteiger partial charge is 0.307 e. The molecule has 1 aromatic rings. The summed E-state index contributed by atoms with van der Waals surface area (Å²) in [7, 11) is 0. The molecule has 0 spiro atoms. The molecule has 1 N–H and O–H groups in total. The van der Waals surface area contributed by atoms with Crippen molar-refractivity contribution in [1.82, 2.24) is 0 Å². The molecule has 1 saturated carbocycles. The predicted molar refractivity (Wildman–Crippen MR) is 72.8 cm³/mol. The van der Waals surface area contributed by atoms with Crippen molar-refractivity contribution in [3.05, 3.63) is 34.9 Å². The molecule has 0 amide bonds. The third-order valence-electron chi connectivity index (χ3n) is 4.39. The molecule has 0 bridgehead atoms. The van der Waals surface area contributed by atoms with Crippen molar-refractivity contribution in [3.63, 3.8) is 0 Å². The molecule has 18 heavy (non-hydrogen) atoms. The lowest BCUT2D eigenvalue weighted by Crippen LogP contribution is -2.28. The van der Waals surface area contributed by atoms with Crippen molar-refractivity contribution in [2.75, 3.05) is 0 Å². The number of hydrogen-bond acceptors (Lipinski definition) is 1. The van der Waals surface area contributed by atoms with Gasteiger partial charge in [0.1, 0.15) is 0 Å². The first-order valence-electron chi connectivity index (χ1n) is 6.79. The quantitative estimate of drug-likeness (QED) is 0.859. The van der Waals surface area contributed by atoms with Gasteiger partial charge in [-0.2, -0.15) is 0 Å². The molecule has 98 valence electrons. The summed E-state index contributed by atoms with van der Waals surface area (Å²) in [6.45, 7) is 6.42. The second-order valence-electron chi connectivity index (χ2n) is 5.81. The molecule has 2 nitrogen and oxygen atoms in total. The largest absolute Gasteiger partial charge is 0.481 e. The second kappa shape index (κ2) is 5.13. The first-order valence-corrected chi connectivity index (χ1v) is 6.79. The molecule has 1 aliphatic carbocycles. The topological polar surface area (TPSA) is 37.3 Å². The van der Waals surface area contributed by atoms with E-state index in [1.54, 1.807) is 0 Å². The van der Waals surface area contributed by atoms with Gasteiger partial charge in [0.2, 0.25) is 0 Å². The van der Waals surface area contributed by atoms with Crippen LogP contribution in [0.2, 0.25) is 0 Å². The van der Waals surface area contributed by atoms with Crippen LogP contribution < -0.4 is 0 Å². The molecule has 1 fully saturated rings. The molecule has 1 aliphatic rings. The van der Waals surface area contributed by atoms with Crippen LogP contribution in [0.3, 0.4) is 0 Å². The third-order valence-corrected chi connectivity index (χ3v) is 4.39. The average Bonchev–Trinajstić information content (AvgIpc) is 2.32. The molecular weight excluding hydrogens is 224 g/mol. The first-order chi connectivity index (χ1) is 8.49. The maximum absolute atomic E-state index is 11.4. The Morgan fingerprint density at radius 2 is 1.94 bits per heavy atom. The average molecular weight is 246 g/mol. The van der Waals surface area contributed by atoms with Crippen LogP contribution in [0.1, 0.15) is 48.8 Å². The summed E-state index contributed by atoms with van der Waals surface area (Å²) < 4.78 is 0. The highest BCUT2D eigenvalue weighted by atomic mass is 16.4. The van der Waals surface area contributed by atoms with Crippen LogP contribution in [-0.2, 0) is 4.79 Å². The van der Waals surface area contributed by atoms with Crippen LogP contribution in [0.4, 0.5) is 0 Å².